The van der Waals surface area contributed by atoms with E-state index in [-0.39, 0.29) is 30.3 Å². The fourth-order valence-electron chi connectivity index (χ4n) is 2.53. The van der Waals surface area contributed by atoms with E-state index in [0.717, 1.165) is 30.0 Å². The van der Waals surface area contributed by atoms with Gasteiger partial charge in [-0.3, -0.25) is 4.79 Å². The molecule has 1 N–H and O–H groups in total. The normalized spacial score (nSPS) is 20.5. The van der Waals surface area contributed by atoms with Crippen molar-refractivity contribution >= 4 is 18.4 Å². The van der Waals surface area contributed by atoms with E-state index in [1.807, 2.05) is 25.1 Å². The van der Waals surface area contributed by atoms with Crippen molar-refractivity contribution in [2.75, 3.05) is 27.4 Å². The Labute approximate surface area is 131 Å². The fraction of sp³-hybridized carbons (Fsp3) is 0.533. The molecule has 21 heavy (non-hydrogen) atoms. The van der Waals surface area contributed by atoms with Crippen molar-refractivity contribution < 1.29 is 19.0 Å². The zero-order valence-electron chi connectivity index (χ0n) is 12.5. The number of esters is 1. The van der Waals surface area contributed by atoms with Crippen LogP contribution in [0.4, 0.5) is 0 Å². The van der Waals surface area contributed by atoms with E-state index in [1.165, 1.54) is 7.11 Å². The topological polar surface area (TPSA) is 56.8 Å². The first-order valence-electron chi connectivity index (χ1n) is 6.81. The first kappa shape index (κ1) is 17.6. The summed E-state index contributed by atoms with van der Waals surface area (Å²) in [5, 5.41) is 3.19. The van der Waals surface area contributed by atoms with Crippen LogP contribution in [0.2, 0.25) is 0 Å². The number of nitrogens with one attached hydrogen (secondary N) is 1. The summed E-state index contributed by atoms with van der Waals surface area (Å²) < 4.78 is 15.6. The Hall–Kier alpha value is -1.46. The second-order valence-corrected chi connectivity index (χ2v) is 4.76. The molecule has 1 saturated heterocycles. The summed E-state index contributed by atoms with van der Waals surface area (Å²) in [6.45, 7) is 3.29. The molecule has 1 aromatic rings. The molecule has 0 unspecified atom stereocenters. The molecule has 2 rings (SSSR count). The largest absolute Gasteiger partial charge is 0.493 e. The van der Waals surface area contributed by atoms with Crippen LogP contribution in [0.25, 0.3) is 0 Å². The van der Waals surface area contributed by atoms with E-state index in [9.17, 15) is 4.79 Å². The molecule has 0 aromatic heterocycles. The summed E-state index contributed by atoms with van der Waals surface area (Å²) in [4.78, 5) is 11.5. The molecule has 118 valence electrons. The minimum Gasteiger partial charge on any atom is -0.493 e. The van der Waals surface area contributed by atoms with E-state index in [4.69, 9.17) is 14.2 Å². The third-order valence-corrected chi connectivity index (χ3v) is 3.58. The van der Waals surface area contributed by atoms with Crippen molar-refractivity contribution in [3.05, 3.63) is 23.8 Å². The Morgan fingerprint density at radius 1 is 1.33 bits per heavy atom. The molecule has 6 heteroatoms. The van der Waals surface area contributed by atoms with Crippen LogP contribution < -0.4 is 14.8 Å². The molecule has 5 nitrogen and oxygen atoms in total. The fourth-order valence-corrected chi connectivity index (χ4v) is 2.53. The lowest BCUT2D eigenvalue weighted by Crippen LogP contribution is -2.31. The SMILES string of the molecule is CCOc1cc([C@H]2CN[C@@H](C(=O)OC)C2)ccc1OC.Cl. The Morgan fingerprint density at radius 2 is 2.10 bits per heavy atom. The highest BCUT2D eigenvalue weighted by molar-refractivity contribution is 5.85. The standard InChI is InChI=1S/C15H21NO4.ClH/c1-4-20-14-8-10(5-6-13(14)18-2)11-7-12(16-9-11)15(17)19-3;/h5-6,8,11-12,16H,4,7,9H2,1-3H3;1H/t11-,12-;/m1./s1. The second kappa shape index (κ2) is 8.10. The summed E-state index contributed by atoms with van der Waals surface area (Å²) in [6, 6.07) is 5.70. The first-order valence-corrected chi connectivity index (χ1v) is 6.81. The molecular weight excluding hydrogens is 294 g/mol. The van der Waals surface area contributed by atoms with Gasteiger partial charge < -0.3 is 19.5 Å². The van der Waals surface area contributed by atoms with Crippen molar-refractivity contribution in [3.8, 4) is 11.5 Å². The Bertz CT molecular complexity index is 481. The van der Waals surface area contributed by atoms with Gasteiger partial charge in [0.05, 0.1) is 20.8 Å². The van der Waals surface area contributed by atoms with Crippen LogP contribution in [0.15, 0.2) is 18.2 Å². The lowest BCUT2D eigenvalue weighted by molar-refractivity contribution is -0.142. The van der Waals surface area contributed by atoms with E-state index in [1.54, 1.807) is 7.11 Å². The smallest absolute Gasteiger partial charge is 0.322 e. The first-order chi connectivity index (χ1) is 9.69. The van der Waals surface area contributed by atoms with Crippen molar-refractivity contribution in [1.82, 2.24) is 5.32 Å². The molecule has 0 amide bonds. The molecule has 1 heterocycles. The monoisotopic (exact) mass is 315 g/mol. The molecule has 1 fully saturated rings. The van der Waals surface area contributed by atoms with Gasteiger partial charge in [-0.1, -0.05) is 6.07 Å². The number of carbonyl (C=O) groups is 1. The zero-order chi connectivity index (χ0) is 14.5. The van der Waals surface area contributed by atoms with Crippen molar-refractivity contribution in [3.63, 3.8) is 0 Å². The number of benzene rings is 1. The summed E-state index contributed by atoms with van der Waals surface area (Å²) in [5.74, 6) is 1.55. The molecular formula is C15H22ClNO4. The quantitative estimate of drug-likeness (QED) is 0.844. The minimum atomic E-state index is -0.220. The Morgan fingerprint density at radius 3 is 2.71 bits per heavy atom. The van der Waals surface area contributed by atoms with Gasteiger partial charge in [0.1, 0.15) is 6.04 Å². The lowest BCUT2D eigenvalue weighted by Gasteiger charge is -2.14. The second-order valence-electron chi connectivity index (χ2n) is 4.76. The van der Waals surface area contributed by atoms with Crippen LogP contribution in [0.1, 0.15) is 24.8 Å². The van der Waals surface area contributed by atoms with E-state index in [0.29, 0.717) is 6.61 Å². The van der Waals surface area contributed by atoms with Crippen LogP contribution in [0, 0.1) is 0 Å². The molecule has 2 atom stereocenters. The number of rotatable bonds is 5. The van der Waals surface area contributed by atoms with Crippen LogP contribution in [-0.4, -0.2) is 39.4 Å². The third kappa shape index (κ3) is 4.02. The summed E-state index contributed by atoms with van der Waals surface area (Å²) >= 11 is 0. The number of carbonyl (C=O) groups excluding carboxylic acids is 1. The highest BCUT2D eigenvalue weighted by atomic mass is 35.5. The van der Waals surface area contributed by atoms with Gasteiger partial charge in [0.15, 0.2) is 11.5 Å². The maximum absolute atomic E-state index is 11.5. The number of hydrogen-bond donors (Lipinski definition) is 1. The molecule has 0 radical (unpaired) electrons. The molecule has 1 aliphatic heterocycles. The molecule has 0 bridgehead atoms. The van der Waals surface area contributed by atoms with Crippen LogP contribution >= 0.6 is 12.4 Å². The van der Waals surface area contributed by atoms with Gasteiger partial charge >= 0.3 is 5.97 Å². The molecule has 1 aliphatic rings. The number of ether oxygens (including phenoxy) is 3. The summed E-state index contributed by atoms with van der Waals surface area (Å²) in [5.41, 5.74) is 1.15. The Balaban J connectivity index is 0.00000220. The summed E-state index contributed by atoms with van der Waals surface area (Å²) in [6.07, 6.45) is 0.741. The van der Waals surface area contributed by atoms with Crippen LogP contribution in [0.3, 0.4) is 0 Å². The number of halogens is 1. The van der Waals surface area contributed by atoms with Gasteiger partial charge in [-0.15, -0.1) is 12.4 Å². The van der Waals surface area contributed by atoms with Crippen molar-refractivity contribution in [2.45, 2.75) is 25.3 Å². The average Bonchev–Trinajstić information content (AvgIpc) is 2.96. The van der Waals surface area contributed by atoms with E-state index in [2.05, 4.69) is 5.32 Å². The van der Waals surface area contributed by atoms with Crippen LogP contribution in [-0.2, 0) is 9.53 Å². The third-order valence-electron chi connectivity index (χ3n) is 3.58. The van der Waals surface area contributed by atoms with Gasteiger partial charge in [0, 0.05) is 6.54 Å². The van der Waals surface area contributed by atoms with E-state index < -0.39 is 0 Å². The predicted molar refractivity (Wildman–Crippen MR) is 82.6 cm³/mol. The minimum absolute atomic E-state index is 0. The van der Waals surface area contributed by atoms with E-state index >= 15 is 0 Å². The van der Waals surface area contributed by atoms with Gasteiger partial charge in [-0.2, -0.15) is 0 Å². The van der Waals surface area contributed by atoms with Crippen molar-refractivity contribution in [2.24, 2.45) is 0 Å². The van der Waals surface area contributed by atoms with Crippen LogP contribution in [0.5, 0.6) is 11.5 Å². The van der Waals surface area contributed by atoms with Gasteiger partial charge in [-0.25, -0.2) is 0 Å². The molecule has 0 aliphatic carbocycles. The molecule has 0 spiro atoms. The maximum Gasteiger partial charge on any atom is 0.322 e. The molecule has 1 aromatic carbocycles. The summed E-state index contributed by atoms with van der Waals surface area (Å²) in [7, 11) is 3.04. The zero-order valence-corrected chi connectivity index (χ0v) is 13.4. The predicted octanol–water partition coefficient (Wildman–Crippen LogP) is 2.13. The number of methoxy groups -OCH3 is 2. The lowest BCUT2D eigenvalue weighted by atomic mass is 9.96. The number of hydrogen-bond acceptors (Lipinski definition) is 5. The Kier molecular flexibility index (Phi) is 6.78. The molecule has 0 saturated carbocycles. The average molecular weight is 316 g/mol. The van der Waals surface area contributed by atoms with Gasteiger partial charge in [0.25, 0.3) is 0 Å². The highest BCUT2D eigenvalue weighted by Gasteiger charge is 2.31. The van der Waals surface area contributed by atoms with Gasteiger partial charge in [0.2, 0.25) is 0 Å². The maximum atomic E-state index is 11.5. The van der Waals surface area contributed by atoms with Crippen molar-refractivity contribution in [1.29, 1.82) is 0 Å². The van der Waals surface area contributed by atoms with Gasteiger partial charge in [-0.05, 0) is 37.0 Å². The highest BCUT2D eigenvalue weighted by Crippen LogP contribution is 2.34.